The van der Waals surface area contributed by atoms with Crippen LogP contribution < -0.4 is 0 Å². The summed E-state index contributed by atoms with van der Waals surface area (Å²) >= 11 is 0. The van der Waals surface area contributed by atoms with Crippen LogP contribution in [0.1, 0.15) is 0 Å². The number of rotatable bonds is 6. The molecule has 0 spiro atoms. The van der Waals surface area contributed by atoms with Crippen LogP contribution in [0, 0.1) is 0 Å². The third-order valence-electron chi connectivity index (χ3n) is 10.3. The molecule has 0 aliphatic heterocycles. The standard InChI is InChI=1S/C50H32N2/c1-3-14-33(15-4-1)37-18-7-11-22-42(37)47-32-48(52-50(51-47)36-16-5-2-6-17-36)43-23-12-8-19-38(43)34-26-28-35(29-27-34)39-30-31-46-41-21-10-9-20-40(41)45-25-13-24-44(39)49(45)46/h1-32H. The monoisotopic (exact) mass is 660 g/mol. The van der Waals surface area contributed by atoms with Crippen LogP contribution >= 0.6 is 0 Å². The molecule has 1 heterocycles. The summed E-state index contributed by atoms with van der Waals surface area (Å²) in [6.07, 6.45) is 0. The Morgan fingerprint density at radius 1 is 0.250 bits per heavy atom. The molecule has 1 aliphatic carbocycles. The van der Waals surface area contributed by atoms with Gasteiger partial charge in [-0.2, -0.15) is 0 Å². The van der Waals surface area contributed by atoms with Crippen LogP contribution in [0.25, 0.3) is 100 Å². The van der Waals surface area contributed by atoms with Gasteiger partial charge < -0.3 is 0 Å². The van der Waals surface area contributed by atoms with E-state index in [4.69, 9.17) is 9.97 Å². The van der Waals surface area contributed by atoms with Gasteiger partial charge in [-0.15, -0.1) is 0 Å². The van der Waals surface area contributed by atoms with Gasteiger partial charge in [0, 0.05) is 16.7 Å². The summed E-state index contributed by atoms with van der Waals surface area (Å²) in [6.45, 7) is 0. The Balaban J connectivity index is 1.08. The lowest BCUT2D eigenvalue weighted by atomic mass is 9.92. The van der Waals surface area contributed by atoms with Crippen molar-refractivity contribution >= 4 is 10.8 Å². The zero-order valence-electron chi connectivity index (χ0n) is 28.4. The second-order valence-corrected chi connectivity index (χ2v) is 13.3. The number of hydrogen-bond acceptors (Lipinski definition) is 2. The molecule has 0 unspecified atom stereocenters. The van der Waals surface area contributed by atoms with Gasteiger partial charge in [0.05, 0.1) is 11.4 Å². The van der Waals surface area contributed by atoms with Gasteiger partial charge in [0.15, 0.2) is 5.82 Å². The smallest absolute Gasteiger partial charge is 0.160 e. The highest BCUT2D eigenvalue weighted by atomic mass is 14.9. The van der Waals surface area contributed by atoms with Crippen molar-refractivity contribution in [3.63, 3.8) is 0 Å². The largest absolute Gasteiger partial charge is 0.228 e. The molecular weight excluding hydrogens is 629 g/mol. The molecule has 0 radical (unpaired) electrons. The van der Waals surface area contributed by atoms with Crippen LogP contribution in [0.4, 0.5) is 0 Å². The minimum Gasteiger partial charge on any atom is -0.228 e. The SMILES string of the molecule is c1ccc(-c2nc(-c3ccccc3-c3ccccc3)cc(-c3ccccc3-c3ccc(-c4ccc5c6c(cccc46)-c4ccccc4-5)cc3)n2)cc1. The lowest BCUT2D eigenvalue weighted by molar-refractivity contribution is 1.18. The summed E-state index contributed by atoms with van der Waals surface area (Å²) in [5.74, 6) is 0.704. The molecule has 242 valence electrons. The van der Waals surface area contributed by atoms with E-state index in [1.54, 1.807) is 0 Å². The lowest BCUT2D eigenvalue weighted by Crippen LogP contribution is -1.98. The van der Waals surface area contributed by atoms with Gasteiger partial charge in [0.2, 0.25) is 0 Å². The molecule has 1 aromatic heterocycles. The van der Waals surface area contributed by atoms with Gasteiger partial charge >= 0.3 is 0 Å². The van der Waals surface area contributed by atoms with E-state index in [2.05, 4.69) is 176 Å². The molecule has 0 bridgehead atoms. The molecule has 10 rings (SSSR count). The van der Waals surface area contributed by atoms with Gasteiger partial charge in [-0.25, -0.2) is 9.97 Å². The first-order valence-electron chi connectivity index (χ1n) is 17.8. The minimum atomic E-state index is 0.704. The summed E-state index contributed by atoms with van der Waals surface area (Å²) in [5.41, 5.74) is 17.2. The van der Waals surface area contributed by atoms with Gasteiger partial charge in [0.1, 0.15) is 0 Å². The van der Waals surface area contributed by atoms with Crippen molar-refractivity contribution in [2.75, 3.05) is 0 Å². The van der Waals surface area contributed by atoms with E-state index in [9.17, 15) is 0 Å². The maximum Gasteiger partial charge on any atom is 0.160 e. The highest BCUT2D eigenvalue weighted by molar-refractivity contribution is 6.18. The molecule has 0 saturated carbocycles. The maximum absolute atomic E-state index is 5.22. The fourth-order valence-electron chi connectivity index (χ4n) is 7.86. The highest BCUT2D eigenvalue weighted by Crippen LogP contribution is 2.49. The van der Waals surface area contributed by atoms with Crippen LogP contribution in [0.2, 0.25) is 0 Å². The number of aromatic nitrogens is 2. The minimum absolute atomic E-state index is 0.704. The Kier molecular flexibility index (Phi) is 7.18. The average Bonchev–Trinajstić information content (AvgIpc) is 3.56. The Bertz CT molecular complexity index is 2740. The van der Waals surface area contributed by atoms with E-state index < -0.39 is 0 Å². The average molecular weight is 661 g/mol. The molecular formula is C50H32N2. The zero-order valence-corrected chi connectivity index (χ0v) is 28.4. The fraction of sp³-hybridized carbons (Fsp3) is 0. The predicted octanol–water partition coefficient (Wildman–Crippen LogP) is 13.3. The Morgan fingerprint density at radius 3 is 1.23 bits per heavy atom. The van der Waals surface area contributed by atoms with Gasteiger partial charge in [0.25, 0.3) is 0 Å². The summed E-state index contributed by atoms with van der Waals surface area (Å²) in [4.78, 5) is 10.4. The third-order valence-corrected chi connectivity index (χ3v) is 10.3. The van der Waals surface area contributed by atoms with E-state index in [1.165, 1.54) is 44.2 Å². The molecule has 0 atom stereocenters. The fourth-order valence-corrected chi connectivity index (χ4v) is 7.86. The molecule has 0 amide bonds. The summed E-state index contributed by atoms with van der Waals surface area (Å²) in [6, 6.07) is 69.1. The Morgan fingerprint density at radius 2 is 0.654 bits per heavy atom. The highest BCUT2D eigenvalue weighted by Gasteiger charge is 2.22. The molecule has 52 heavy (non-hydrogen) atoms. The normalized spacial score (nSPS) is 11.5. The van der Waals surface area contributed by atoms with Crippen molar-refractivity contribution in [2.45, 2.75) is 0 Å². The van der Waals surface area contributed by atoms with Crippen molar-refractivity contribution in [1.82, 2.24) is 9.97 Å². The van der Waals surface area contributed by atoms with Crippen molar-refractivity contribution < 1.29 is 0 Å². The van der Waals surface area contributed by atoms with Crippen molar-refractivity contribution in [2.24, 2.45) is 0 Å². The summed E-state index contributed by atoms with van der Waals surface area (Å²) in [7, 11) is 0. The van der Waals surface area contributed by atoms with E-state index >= 15 is 0 Å². The summed E-state index contributed by atoms with van der Waals surface area (Å²) < 4.78 is 0. The van der Waals surface area contributed by atoms with Crippen LogP contribution in [0.3, 0.4) is 0 Å². The van der Waals surface area contributed by atoms with E-state index in [0.29, 0.717) is 5.82 Å². The Labute approximate surface area is 303 Å². The molecule has 0 saturated heterocycles. The van der Waals surface area contributed by atoms with Gasteiger partial charge in [-0.05, 0) is 72.5 Å². The molecule has 8 aromatic carbocycles. The Hall–Kier alpha value is -6.90. The molecule has 2 heteroatoms. The van der Waals surface area contributed by atoms with Crippen LogP contribution in [0.5, 0.6) is 0 Å². The molecule has 0 fully saturated rings. The van der Waals surface area contributed by atoms with Crippen molar-refractivity contribution in [3.05, 3.63) is 194 Å². The number of nitrogens with zero attached hydrogens (tertiary/aromatic N) is 2. The molecule has 0 N–H and O–H groups in total. The first-order valence-corrected chi connectivity index (χ1v) is 17.8. The molecule has 2 nitrogen and oxygen atoms in total. The van der Waals surface area contributed by atoms with Crippen molar-refractivity contribution in [3.8, 4) is 89.5 Å². The summed E-state index contributed by atoms with van der Waals surface area (Å²) in [5, 5.41) is 2.63. The maximum atomic E-state index is 5.22. The van der Waals surface area contributed by atoms with Crippen LogP contribution in [-0.2, 0) is 0 Å². The first kappa shape index (κ1) is 30.0. The van der Waals surface area contributed by atoms with Crippen LogP contribution in [0.15, 0.2) is 194 Å². The predicted molar refractivity (Wildman–Crippen MR) is 217 cm³/mol. The van der Waals surface area contributed by atoms with E-state index in [-0.39, 0.29) is 0 Å². The van der Waals surface area contributed by atoms with Gasteiger partial charge in [-0.3, -0.25) is 0 Å². The van der Waals surface area contributed by atoms with E-state index in [1.807, 2.05) is 18.2 Å². The quantitative estimate of drug-likeness (QED) is 0.177. The second-order valence-electron chi connectivity index (χ2n) is 13.3. The molecule has 1 aliphatic rings. The number of hydrogen-bond donors (Lipinski definition) is 0. The topological polar surface area (TPSA) is 25.8 Å². The van der Waals surface area contributed by atoms with Crippen LogP contribution in [-0.4, -0.2) is 9.97 Å². The first-order chi connectivity index (χ1) is 25.8. The van der Waals surface area contributed by atoms with E-state index in [0.717, 1.165) is 50.3 Å². The second kappa shape index (κ2) is 12.5. The third kappa shape index (κ3) is 5.04. The lowest BCUT2D eigenvalue weighted by Gasteiger charge is -2.15. The van der Waals surface area contributed by atoms with Crippen molar-refractivity contribution in [1.29, 1.82) is 0 Å². The number of fused-ring (bicyclic) bond motifs is 3. The zero-order chi connectivity index (χ0) is 34.4. The van der Waals surface area contributed by atoms with Gasteiger partial charge in [-0.1, -0.05) is 188 Å². The number of benzene rings is 8. The molecule has 9 aromatic rings.